The van der Waals surface area contributed by atoms with Crippen molar-refractivity contribution in [3.63, 3.8) is 0 Å². The minimum Gasteiger partial charge on any atom is -0.467 e. The minimum absolute atomic E-state index is 0.123. The van der Waals surface area contributed by atoms with E-state index < -0.39 is 0 Å². The topological polar surface area (TPSA) is 79.9 Å². The predicted octanol–water partition coefficient (Wildman–Crippen LogP) is 4.74. The van der Waals surface area contributed by atoms with Crippen LogP contribution >= 0.6 is 24.0 Å². The molecule has 0 bridgehead atoms. The number of thiocarbonyl (C=S) groups is 1. The Morgan fingerprint density at radius 3 is 2.82 bits per heavy atom. The van der Waals surface area contributed by atoms with Gasteiger partial charge in [-0.2, -0.15) is 0 Å². The van der Waals surface area contributed by atoms with Crippen molar-refractivity contribution in [1.82, 2.24) is 14.3 Å². The van der Waals surface area contributed by atoms with Crippen LogP contribution in [0.2, 0.25) is 0 Å². The lowest BCUT2D eigenvalue weighted by atomic mass is 9.94. The van der Waals surface area contributed by atoms with E-state index in [1.165, 1.54) is 22.6 Å². The van der Waals surface area contributed by atoms with Crippen LogP contribution in [0, 0.1) is 6.92 Å². The zero-order valence-corrected chi connectivity index (χ0v) is 19.9. The number of carbonyl (C=O) groups is 1. The van der Waals surface area contributed by atoms with E-state index in [-0.39, 0.29) is 17.5 Å². The Morgan fingerprint density at radius 2 is 2.06 bits per heavy atom. The van der Waals surface area contributed by atoms with Gasteiger partial charge in [0.05, 0.1) is 23.3 Å². The molecule has 9 heteroatoms. The van der Waals surface area contributed by atoms with E-state index in [1.807, 2.05) is 25.1 Å². The molecule has 1 aliphatic heterocycles. The lowest BCUT2D eigenvalue weighted by Gasteiger charge is -2.29. The van der Waals surface area contributed by atoms with Crippen LogP contribution in [-0.2, 0) is 11.3 Å². The van der Waals surface area contributed by atoms with Gasteiger partial charge >= 0.3 is 0 Å². The van der Waals surface area contributed by atoms with E-state index in [9.17, 15) is 9.59 Å². The number of amides is 1. The van der Waals surface area contributed by atoms with Crippen LogP contribution in [0.5, 0.6) is 0 Å². The van der Waals surface area contributed by atoms with Crippen molar-refractivity contribution in [2.75, 3.05) is 5.32 Å². The van der Waals surface area contributed by atoms with Crippen LogP contribution < -0.4 is 10.9 Å². The van der Waals surface area contributed by atoms with Crippen molar-refractivity contribution < 1.29 is 9.21 Å². The molecule has 1 aliphatic carbocycles. The van der Waals surface area contributed by atoms with Gasteiger partial charge in [-0.05, 0) is 49.6 Å². The largest absolute Gasteiger partial charge is 0.467 e. The molecule has 2 fully saturated rings. The van der Waals surface area contributed by atoms with Gasteiger partial charge in [0.15, 0.2) is 0 Å². The predicted molar refractivity (Wildman–Crippen MR) is 134 cm³/mol. The molecule has 7 nitrogen and oxygen atoms in total. The summed E-state index contributed by atoms with van der Waals surface area (Å²) in [5.41, 5.74) is 1.53. The first-order valence-corrected chi connectivity index (χ1v) is 12.3. The van der Waals surface area contributed by atoms with Gasteiger partial charge in [0.1, 0.15) is 21.5 Å². The molecular weight excluding hydrogens is 456 g/mol. The molecule has 170 valence electrons. The molecule has 0 atom stereocenters. The summed E-state index contributed by atoms with van der Waals surface area (Å²) in [5, 5.41) is 3.22. The van der Waals surface area contributed by atoms with E-state index >= 15 is 0 Å². The molecule has 5 rings (SSSR count). The quantitative estimate of drug-likeness (QED) is 0.417. The summed E-state index contributed by atoms with van der Waals surface area (Å²) in [6.45, 7) is 2.28. The smallest absolute Gasteiger partial charge is 0.267 e. The van der Waals surface area contributed by atoms with E-state index in [2.05, 4.69) is 5.32 Å². The molecule has 33 heavy (non-hydrogen) atoms. The zero-order valence-electron chi connectivity index (χ0n) is 18.2. The highest BCUT2D eigenvalue weighted by Crippen LogP contribution is 2.37. The Bertz CT molecular complexity index is 1310. The molecule has 0 unspecified atom stereocenters. The zero-order chi connectivity index (χ0) is 22.9. The second-order valence-corrected chi connectivity index (χ2v) is 10.0. The third-order valence-corrected chi connectivity index (χ3v) is 7.46. The maximum absolute atomic E-state index is 13.5. The highest BCUT2D eigenvalue weighted by Gasteiger charge is 2.37. The Morgan fingerprint density at radius 1 is 1.24 bits per heavy atom. The maximum atomic E-state index is 13.5. The molecule has 3 aromatic heterocycles. The van der Waals surface area contributed by atoms with E-state index in [4.69, 9.17) is 21.6 Å². The summed E-state index contributed by atoms with van der Waals surface area (Å²) >= 11 is 6.82. The van der Waals surface area contributed by atoms with Gasteiger partial charge in [0.2, 0.25) is 0 Å². The third-order valence-electron chi connectivity index (χ3n) is 6.13. The lowest BCUT2D eigenvalue weighted by molar-refractivity contribution is -0.124. The number of carbonyl (C=O) groups excluding carboxylic acids is 1. The van der Waals surface area contributed by atoms with Crippen LogP contribution in [0.15, 0.2) is 50.8 Å². The molecule has 0 radical (unpaired) electrons. The third kappa shape index (κ3) is 4.22. The molecule has 1 amide bonds. The number of rotatable bonds is 5. The summed E-state index contributed by atoms with van der Waals surface area (Å²) < 4.78 is 7.49. The molecule has 1 saturated heterocycles. The standard InChI is InChI=1S/C24H24N4O3S2/c1-15-7-5-11-27-21(15)26-20(25-14-17-10-6-12-31-17)18(22(27)29)13-19-23(30)28(24(32)33-19)16-8-3-2-4-9-16/h5-7,10-13,16,25H,2-4,8-9,14H2,1H3/b19-13+. The number of hydrogen-bond acceptors (Lipinski definition) is 7. The van der Waals surface area contributed by atoms with Gasteiger partial charge in [-0.1, -0.05) is 49.3 Å². The summed E-state index contributed by atoms with van der Waals surface area (Å²) in [6, 6.07) is 7.52. The Hall–Kier alpha value is -2.91. The Labute approximate surface area is 200 Å². The fourth-order valence-corrected chi connectivity index (χ4v) is 5.81. The Balaban J connectivity index is 1.56. The number of pyridine rings is 1. The average molecular weight is 481 g/mol. The number of aromatic nitrogens is 2. The fourth-order valence-electron chi connectivity index (χ4n) is 4.43. The van der Waals surface area contributed by atoms with Crippen molar-refractivity contribution in [3.05, 3.63) is 68.9 Å². The molecule has 4 heterocycles. The fraction of sp³-hybridized carbons (Fsp3) is 0.333. The maximum Gasteiger partial charge on any atom is 0.267 e. The van der Waals surface area contributed by atoms with Crippen molar-refractivity contribution in [2.24, 2.45) is 0 Å². The van der Waals surface area contributed by atoms with Crippen molar-refractivity contribution >= 4 is 51.7 Å². The number of fused-ring (bicyclic) bond motifs is 1. The lowest BCUT2D eigenvalue weighted by Crippen LogP contribution is -2.39. The first kappa shape index (κ1) is 21.9. The van der Waals surface area contributed by atoms with Gasteiger partial charge in [-0.3, -0.25) is 18.9 Å². The van der Waals surface area contributed by atoms with Crippen molar-refractivity contribution in [3.8, 4) is 0 Å². The minimum atomic E-state index is -0.242. The highest BCUT2D eigenvalue weighted by molar-refractivity contribution is 8.26. The molecule has 0 aromatic carbocycles. The molecule has 1 saturated carbocycles. The summed E-state index contributed by atoms with van der Waals surface area (Å²) in [4.78, 5) is 33.7. The van der Waals surface area contributed by atoms with Crippen LogP contribution in [0.3, 0.4) is 0 Å². The summed E-state index contributed by atoms with van der Waals surface area (Å²) in [7, 11) is 0. The molecular formula is C24H24N4O3S2. The second kappa shape index (κ2) is 9.15. The van der Waals surface area contributed by atoms with E-state index in [0.29, 0.717) is 32.8 Å². The van der Waals surface area contributed by atoms with Gasteiger partial charge in [0.25, 0.3) is 11.5 Å². The Kier molecular flexibility index (Phi) is 6.07. The SMILES string of the molecule is Cc1cccn2c(=O)c(/C=C3/SC(=S)N(C4CCCCC4)C3=O)c(NCc3ccco3)nc12. The second-order valence-electron chi connectivity index (χ2n) is 8.34. The first-order chi connectivity index (χ1) is 16.0. The number of aryl methyl sites for hydroxylation is 1. The van der Waals surface area contributed by atoms with Crippen LogP contribution in [-0.4, -0.2) is 30.6 Å². The molecule has 3 aromatic rings. The van der Waals surface area contributed by atoms with Crippen molar-refractivity contribution in [1.29, 1.82) is 0 Å². The summed E-state index contributed by atoms with van der Waals surface area (Å²) in [5.74, 6) is 1.01. The molecule has 2 aliphatic rings. The van der Waals surface area contributed by atoms with Crippen LogP contribution in [0.4, 0.5) is 5.82 Å². The number of thioether (sulfide) groups is 1. The molecule has 0 spiro atoms. The molecule has 1 N–H and O–H groups in total. The summed E-state index contributed by atoms with van der Waals surface area (Å²) in [6.07, 6.45) is 10.3. The van der Waals surface area contributed by atoms with E-state index in [1.54, 1.807) is 29.5 Å². The number of furan rings is 1. The monoisotopic (exact) mass is 480 g/mol. The van der Waals surface area contributed by atoms with Gasteiger partial charge in [-0.25, -0.2) is 4.98 Å². The first-order valence-electron chi connectivity index (χ1n) is 11.1. The van der Waals surface area contributed by atoms with Crippen LogP contribution in [0.25, 0.3) is 11.7 Å². The normalized spacial score (nSPS) is 18.6. The van der Waals surface area contributed by atoms with E-state index in [0.717, 1.165) is 37.0 Å². The highest BCUT2D eigenvalue weighted by atomic mass is 32.2. The van der Waals surface area contributed by atoms with Crippen molar-refractivity contribution in [2.45, 2.75) is 51.6 Å². The number of nitrogens with one attached hydrogen (secondary N) is 1. The number of hydrogen-bond donors (Lipinski definition) is 1. The van der Waals surface area contributed by atoms with Gasteiger partial charge in [0, 0.05) is 12.2 Å². The van der Waals surface area contributed by atoms with Gasteiger partial charge < -0.3 is 9.73 Å². The number of anilines is 1. The average Bonchev–Trinajstić information content (AvgIpc) is 3.43. The number of nitrogens with zero attached hydrogens (tertiary/aromatic N) is 3. The van der Waals surface area contributed by atoms with Crippen LogP contribution in [0.1, 0.15) is 49.0 Å². The van der Waals surface area contributed by atoms with Gasteiger partial charge in [-0.15, -0.1) is 0 Å².